The van der Waals surface area contributed by atoms with Crippen molar-refractivity contribution in [3.63, 3.8) is 0 Å². The van der Waals surface area contributed by atoms with Crippen LogP contribution in [0.25, 0.3) is 0 Å². The van der Waals surface area contributed by atoms with Crippen molar-refractivity contribution in [2.45, 2.75) is 6.42 Å². The Hall–Kier alpha value is -1.07. The summed E-state index contributed by atoms with van der Waals surface area (Å²) in [6.07, 6.45) is 0.573. The topological polar surface area (TPSA) is 69.4 Å². The van der Waals surface area contributed by atoms with Crippen LogP contribution in [0.15, 0.2) is 24.3 Å². The molecule has 0 radical (unpaired) electrons. The molecule has 0 saturated heterocycles. The Balaban J connectivity index is 2.41. The standard InChI is InChI=1S/C8H11NO3S/c9-8-3-1-7(2-4-8)5-6-12-13(10)11/h1-4,13H,5-6,9H2. The smallest absolute Gasteiger partial charge is 0.257 e. The maximum Gasteiger partial charge on any atom is 0.257 e. The highest BCUT2D eigenvalue weighted by Crippen LogP contribution is 2.05. The fraction of sp³-hybridized carbons (Fsp3) is 0.250. The molecule has 1 aromatic carbocycles. The summed E-state index contributed by atoms with van der Waals surface area (Å²) in [5.74, 6) is 0. The van der Waals surface area contributed by atoms with Gasteiger partial charge in [0.25, 0.3) is 11.0 Å². The summed E-state index contributed by atoms with van der Waals surface area (Å²) >= 11 is 0. The van der Waals surface area contributed by atoms with Crippen molar-refractivity contribution < 1.29 is 12.6 Å². The number of anilines is 1. The molecule has 13 heavy (non-hydrogen) atoms. The minimum atomic E-state index is -2.73. The van der Waals surface area contributed by atoms with Gasteiger partial charge >= 0.3 is 0 Å². The van der Waals surface area contributed by atoms with Crippen molar-refractivity contribution in [2.24, 2.45) is 0 Å². The molecule has 5 heteroatoms. The predicted octanol–water partition coefficient (Wildman–Crippen LogP) is 0.354. The third-order valence-corrected chi connectivity index (χ3v) is 1.96. The Morgan fingerprint density at radius 2 is 1.85 bits per heavy atom. The Morgan fingerprint density at radius 1 is 1.23 bits per heavy atom. The van der Waals surface area contributed by atoms with Gasteiger partial charge in [0, 0.05) is 5.69 Å². The van der Waals surface area contributed by atoms with Crippen LogP contribution in [0, 0.1) is 0 Å². The predicted molar refractivity (Wildman–Crippen MR) is 50.8 cm³/mol. The second-order valence-corrected chi connectivity index (χ2v) is 3.25. The number of hydrogen-bond donors (Lipinski definition) is 2. The van der Waals surface area contributed by atoms with E-state index in [1.54, 1.807) is 12.1 Å². The molecule has 0 unspecified atom stereocenters. The average Bonchev–Trinajstić information content (AvgIpc) is 2.08. The van der Waals surface area contributed by atoms with Crippen LogP contribution in [0.3, 0.4) is 0 Å². The van der Waals surface area contributed by atoms with Crippen LogP contribution in [0.1, 0.15) is 5.56 Å². The zero-order valence-corrected chi connectivity index (χ0v) is 7.87. The molecule has 0 saturated carbocycles. The first-order valence-corrected chi connectivity index (χ1v) is 4.90. The fourth-order valence-electron chi connectivity index (χ4n) is 0.922. The summed E-state index contributed by atoms with van der Waals surface area (Å²) in [6, 6.07) is 7.23. The first-order valence-electron chi connectivity index (χ1n) is 3.80. The summed E-state index contributed by atoms with van der Waals surface area (Å²) < 4.78 is 24.5. The molecule has 0 atom stereocenters. The van der Waals surface area contributed by atoms with Gasteiger partial charge in [0.2, 0.25) is 0 Å². The number of benzene rings is 1. The number of nitrogens with two attached hydrogens (primary N) is 1. The number of nitrogen functional groups attached to an aromatic ring is 1. The maximum absolute atomic E-state index is 10.0. The van der Waals surface area contributed by atoms with Crippen LogP contribution in [-0.4, -0.2) is 15.0 Å². The van der Waals surface area contributed by atoms with E-state index in [1.165, 1.54) is 0 Å². The number of thiol groups is 1. The molecule has 1 rings (SSSR count). The SMILES string of the molecule is Nc1ccc(CCO[SH](=O)=O)cc1. The van der Waals surface area contributed by atoms with E-state index >= 15 is 0 Å². The third kappa shape index (κ3) is 3.91. The molecule has 0 fully saturated rings. The fourth-order valence-corrected chi connectivity index (χ4v) is 1.16. The van der Waals surface area contributed by atoms with E-state index in [-0.39, 0.29) is 6.61 Å². The second-order valence-electron chi connectivity index (χ2n) is 2.55. The van der Waals surface area contributed by atoms with E-state index in [9.17, 15) is 8.42 Å². The van der Waals surface area contributed by atoms with E-state index in [1.807, 2.05) is 12.1 Å². The lowest BCUT2D eigenvalue weighted by Gasteiger charge is -1.99. The van der Waals surface area contributed by atoms with E-state index < -0.39 is 11.0 Å². The van der Waals surface area contributed by atoms with E-state index in [4.69, 9.17) is 5.73 Å². The van der Waals surface area contributed by atoms with Gasteiger partial charge in [-0.2, -0.15) is 0 Å². The highest BCUT2D eigenvalue weighted by atomic mass is 32.2. The molecule has 0 aliphatic rings. The summed E-state index contributed by atoms with van der Waals surface area (Å²) in [5, 5.41) is 0. The van der Waals surface area contributed by atoms with Crippen molar-refractivity contribution in [1.82, 2.24) is 0 Å². The molecule has 0 aliphatic carbocycles. The molecule has 2 N–H and O–H groups in total. The van der Waals surface area contributed by atoms with Gasteiger partial charge < -0.3 is 5.73 Å². The lowest BCUT2D eigenvalue weighted by Crippen LogP contribution is -1.97. The van der Waals surface area contributed by atoms with Gasteiger partial charge in [0.15, 0.2) is 0 Å². The largest absolute Gasteiger partial charge is 0.399 e. The zero-order chi connectivity index (χ0) is 9.68. The van der Waals surface area contributed by atoms with Crippen LogP contribution < -0.4 is 5.73 Å². The van der Waals surface area contributed by atoms with Crippen molar-refractivity contribution >= 4 is 16.7 Å². The van der Waals surface area contributed by atoms with E-state index in [2.05, 4.69) is 4.18 Å². The maximum atomic E-state index is 10.0. The monoisotopic (exact) mass is 201 g/mol. The molecule has 0 bridgehead atoms. The molecule has 0 spiro atoms. The normalized spacial score (nSPS) is 10.5. The highest BCUT2D eigenvalue weighted by Gasteiger charge is 1.93. The molecular weight excluding hydrogens is 190 g/mol. The average molecular weight is 201 g/mol. The van der Waals surface area contributed by atoms with Gasteiger partial charge in [0.1, 0.15) is 0 Å². The summed E-state index contributed by atoms with van der Waals surface area (Å²) in [4.78, 5) is 0. The molecular formula is C8H11NO3S. The van der Waals surface area contributed by atoms with E-state index in [0.717, 1.165) is 5.56 Å². The van der Waals surface area contributed by atoms with Gasteiger partial charge in [-0.1, -0.05) is 12.1 Å². The Bertz CT molecular complexity index is 324. The molecule has 0 aromatic heterocycles. The van der Waals surface area contributed by atoms with E-state index in [0.29, 0.717) is 12.1 Å². The van der Waals surface area contributed by atoms with Crippen molar-refractivity contribution in [3.8, 4) is 0 Å². The van der Waals surface area contributed by atoms with Crippen molar-refractivity contribution in [3.05, 3.63) is 29.8 Å². The highest BCUT2D eigenvalue weighted by molar-refractivity contribution is 7.67. The van der Waals surface area contributed by atoms with Gasteiger partial charge in [-0.25, -0.2) is 8.42 Å². The van der Waals surface area contributed by atoms with Gasteiger partial charge in [-0.05, 0) is 24.1 Å². The summed E-state index contributed by atoms with van der Waals surface area (Å²) in [6.45, 7) is 0.183. The quantitative estimate of drug-likeness (QED) is 0.545. The van der Waals surface area contributed by atoms with Crippen LogP contribution in [-0.2, 0) is 21.6 Å². The zero-order valence-electron chi connectivity index (χ0n) is 6.97. The van der Waals surface area contributed by atoms with Gasteiger partial charge in [0.05, 0.1) is 6.61 Å². The van der Waals surface area contributed by atoms with Crippen LogP contribution in [0.2, 0.25) is 0 Å². The first-order chi connectivity index (χ1) is 6.18. The minimum Gasteiger partial charge on any atom is -0.399 e. The molecule has 0 heterocycles. The molecule has 4 nitrogen and oxygen atoms in total. The molecule has 72 valence electrons. The van der Waals surface area contributed by atoms with Crippen LogP contribution >= 0.6 is 0 Å². The second kappa shape index (κ2) is 4.84. The minimum absolute atomic E-state index is 0.183. The number of rotatable bonds is 4. The van der Waals surface area contributed by atoms with Crippen LogP contribution in [0.4, 0.5) is 5.69 Å². The molecule has 1 aromatic rings. The van der Waals surface area contributed by atoms with Gasteiger partial charge in [-0.15, -0.1) is 0 Å². The first kappa shape index (κ1) is 10.0. The number of hydrogen-bond acceptors (Lipinski definition) is 4. The van der Waals surface area contributed by atoms with Gasteiger partial charge in [-0.3, -0.25) is 4.18 Å². The summed E-state index contributed by atoms with van der Waals surface area (Å²) in [5.41, 5.74) is 7.18. The Kier molecular flexibility index (Phi) is 3.72. The Morgan fingerprint density at radius 3 is 2.38 bits per heavy atom. The third-order valence-electron chi connectivity index (χ3n) is 1.57. The summed E-state index contributed by atoms with van der Waals surface area (Å²) in [7, 11) is -2.73. The van der Waals surface area contributed by atoms with Crippen molar-refractivity contribution in [2.75, 3.05) is 12.3 Å². The molecule has 0 amide bonds. The van der Waals surface area contributed by atoms with Crippen LogP contribution in [0.5, 0.6) is 0 Å². The molecule has 0 aliphatic heterocycles. The lowest BCUT2D eigenvalue weighted by atomic mass is 10.1. The Labute approximate surface area is 78.5 Å². The van der Waals surface area contributed by atoms with Crippen molar-refractivity contribution in [1.29, 1.82) is 0 Å². The lowest BCUT2D eigenvalue weighted by molar-refractivity contribution is 0.337.